The largest absolute Gasteiger partial charge is 0.478 e. The minimum atomic E-state index is -4.23. The van der Waals surface area contributed by atoms with Crippen LogP contribution in [0.3, 0.4) is 0 Å². The van der Waals surface area contributed by atoms with Crippen LogP contribution < -0.4 is 0 Å². The number of nitrogens with one attached hydrogen (secondary N) is 1. The summed E-state index contributed by atoms with van der Waals surface area (Å²) in [5.74, 6) is -2.90. The molecule has 0 unspecified atom stereocenters. The molecule has 0 spiro atoms. The van der Waals surface area contributed by atoms with Crippen LogP contribution in [0, 0.1) is 22.5 Å². The first-order valence-electron chi connectivity index (χ1n) is 12.2. The highest BCUT2D eigenvalue weighted by Crippen LogP contribution is 2.78. The van der Waals surface area contributed by atoms with Crippen LogP contribution in [0.5, 0.6) is 0 Å². The van der Waals surface area contributed by atoms with Gasteiger partial charge in [-0.1, -0.05) is 18.2 Å². The lowest BCUT2D eigenvalue weighted by Gasteiger charge is -2.72. The third kappa shape index (κ3) is 3.61. The standard InChI is InChI=1S/C28H25F5N2O2/c1-15-8-18-17-4-2-3-5-21(17)34-24(18)25(23-19(29)9-16(10-20(23)30)6-7-22(36)37)35(15)14-26-11-27(12-26,13-26)28(31,32)33/h2-7,9-10,15,25,34H,8,11-14H2,1H3,(H,36,37)/b7-6+/t15-,25-,26?,27?/m1/s1. The molecule has 37 heavy (non-hydrogen) atoms. The number of halogens is 5. The molecule has 4 nitrogen and oxygen atoms in total. The van der Waals surface area contributed by atoms with E-state index >= 15 is 8.78 Å². The molecule has 1 aliphatic heterocycles. The van der Waals surface area contributed by atoms with E-state index in [2.05, 4.69) is 4.98 Å². The first-order chi connectivity index (χ1) is 17.4. The molecule has 2 aromatic carbocycles. The third-order valence-corrected chi connectivity index (χ3v) is 8.57. The zero-order valence-corrected chi connectivity index (χ0v) is 20.0. The molecule has 0 saturated heterocycles. The van der Waals surface area contributed by atoms with Crippen molar-refractivity contribution in [3.63, 3.8) is 0 Å². The van der Waals surface area contributed by atoms with Gasteiger partial charge in [0.15, 0.2) is 0 Å². The minimum Gasteiger partial charge on any atom is -0.478 e. The Bertz CT molecular complexity index is 1410. The Balaban J connectivity index is 1.44. The topological polar surface area (TPSA) is 56.3 Å². The van der Waals surface area contributed by atoms with E-state index in [0.29, 0.717) is 18.7 Å². The molecule has 2 N–H and O–H groups in total. The summed E-state index contributed by atoms with van der Waals surface area (Å²) in [6, 6.07) is 8.76. The Morgan fingerprint density at radius 2 is 1.81 bits per heavy atom. The number of nitrogens with zero attached hydrogens (tertiary/aromatic N) is 1. The van der Waals surface area contributed by atoms with Crippen LogP contribution in [-0.2, 0) is 11.2 Å². The Morgan fingerprint density at radius 1 is 1.16 bits per heavy atom. The molecule has 3 saturated carbocycles. The van der Waals surface area contributed by atoms with Crippen LogP contribution in [-0.4, -0.2) is 39.7 Å². The van der Waals surface area contributed by atoms with Crippen LogP contribution >= 0.6 is 0 Å². The van der Waals surface area contributed by atoms with Gasteiger partial charge < -0.3 is 10.1 Å². The zero-order chi connectivity index (χ0) is 26.3. The highest BCUT2D eigenvalue weighted by Gasteiger charge is 2.78. The average molecular weight is 517 g/mol. The number of rotatable bonds is 5. The maximum absolute atomic E-state index is 15.6. The quantitative estimate of drug-likeness (QED) is 0.296. The van der Waals surface area contributed by atoms with Crippen LogP contribution in [0.2, 0.25) is 0 Å². The van der Waals surface area contributed by atoms with Gasteiger partial charge in [0.2, 0.25) is 0 Å². The van der Waals surface area contributed by atoms with Crippen molar-refractivity contribution in [1.82, 2.24) is 9.88 Å². The first kappa shape index (κ1) is 24.2. The summed E-state index contributed by atoms with van der Waals surface area (Å²) < 4.78 is 71.7. The summed E-state index contributed by atoms with van der Waals surface area (Å²) in [4.78, 5) is 16.2. The van der Waals surface area contributed by atoms with Gasteiger partial charge in [0, 0.05) is 40.8 Å². The molecule has 3 aliphatic carbocycles. The lowest BCUT2D eigenvalue weighted by Crippen LogP contribution is -2.71. The number of carbonyl (C=O) groups is 1. The Hall–Kier alpha value is -3.20. The molecular formula is C28H25F5N2O2. The number of alkyl halides is 3. The van der Waals surface area contributed by atoms with Gasteiger partial charge in [-0.3, -0.25) is 4.90 Å². The number of benzene rings is 2. The lowest BCUT2D eigenvalue weighted by atomic mass is 9.34. The fourth-order valence-electron chi connectivity index (χ4n) is 7.05. The number of aromatic amines is 1. The first-order valence-corrected chi connectivity index (χ1v) is 12.2. The number of carboxylic acid groups (broad SMARTS) is 1. The van der Waals surface area contributed by atoms with Crippen molar-refractivity contribution in [3.05, 3.63) is 76.5 Å². The molecule has 7 rings (SSSR count). The predicted molar refractivity (Wildman–Crippen MR) is 128 cm³/mol. The molecule has 194 valence electrons. The van der Waals surface area contributed by atoms with Gasteiger partial charge in [0.05, 0.1) is 11.5 Å². The molecular weight excluding hydrogens is 491 g/mol. The van der Waals surface area contributed by atoms with Gasteiger partial charge in [0.1, 0.15) is 11.6 Å². The summed E-state index contributed by atoms with van der Waals surface area (Å²) >= 11 is 0. The Morgan fingerprint density at radius 3 is 2.43 bits per heavy atom. The Kier molecular flexibility index (Phi) is 5.16. The molecule has 0 radical (unpaired) electrons. The van der Waals surface area contributed by atoms with Gasteiger partial charge >= 0.3 is 12.1 Å². The molecule has 2 bridgehead atoms. The predicted octanol–water partition coefficient (Wildman–Crippen LogP) is 6.61. The van der Waals surface area contributed by atoms with E-state index in [4.69, 9.17) is 5.11 Å². The van der Waals surface area contributed by atoms with E-state index in [9.17, 15) is 18.0 Å². The zero-order valence-electron chi connectivity index (χ0n) is 20.0. The van der Waals surface area contributed by atoms with Crippen LogP contribution in [0.15, 0.2) is 42.5 Å². The van der Waals surface area contributed by atoms with E-state index < -0.39 is 40.7 Å². The summed E-state index contributed by atoms with van der Waals surface area (Å²) in [6.07, 6.45) is -1.58. The minimum absolute atomic E-state index is 0.0445. The number of hydrogen-bond acceptors (Lipinski definition) is 2. The van der Waals surface area contributed by atoms with Crippen molar-refractivity contribution < 1.29 is 31.9 Å². The molecule has 2 heterocycles. The maximum atomic E-state index is 15.6. The number of aromatic nitrogens is 1. The summed E-state index contributed by atoms with van der Waals surface area (Å²) in [5.41, 5.74) is 0.176. The van der Waals surface area contributed by atoms with Crippen molar-refractivity contribution in [2.24, 2.45) is 10.8 Å². The van der Waals surface area contributed by atoms with Crippen molar-refractivity contribution >= 4 is 22.9 Å². The van der Waals surface area contributed by atoms with Gasteiger partial charge in [-0.2, -0.15) is 13.2 Å². The SMILES string of the molecule is C[C@@H]1Cc2c([nH]c3ccccc23)[C@@H](c2c(F)cc(/C=C/C(=O)O)cc2F)N1CC12CC(C(F)(F)F)(C1)C2. The fourth-order valence-corrected chi connectivity index (χ4v) is 7.05. The second-order valence-corrected chi connectivity index (χ2v) is 11.1. The number of H-pyrrole nitrogens is 1. The van der Waals surface area contributed by atoms with Crippen LogP contribution in [0.4, 0.5) is 22.0 Å². The van der Waals surface area contributed by atoms with E-state index in [0.717, 1.165) is 40.8 Å². The monoisotopic (exact) mass is 516 g/mol. The third-order valence-electron chi connectivity index (χ3n) is 8.57. The van der Waals surface area contributed by atoms with Gasteiger partial charge in [-0.05, 0) is 73.4 Å². The van der Waals surface area contributed by atoms with Crippen LogP contribution in [0.1, 0.15) is 54.6 Å². The highest BCUT2D eigenvalue weighted by atomic mass is 19.4. The second-order valence-electron chi connectivity index (χ2n) is 11.1. The average Bonchev–Trinajstić information content (AvgIpc) is 3.11. The molecule has 3 aromatic rings. The normalized spacial score (nSPS) is 29.2. The molecule has 3 fully saturated rings. The summed E-state index contributed by atoms with van der Waals surface area (Å²) in [6.45, 7) is 2.26. The van der Waals surface area contributed by atoms with Crippen molar-refractivity contribution in [3.8, 4) is 0 Å². The maximum Gasteiger partial charge on any atom is 0.394 e. The summed E-state index contributed by atoms with van der Waals surface area (Å²) in [5, 5.41) is 9.82. The number of aliphatic carboxylic acids is 1. The smallest absolute Gasteiger partial charge is 0.394 e. The molecule has 2 atom stereocenters. The second kappa shape index (κ2) is 7.90. The number of para-hydroxylation sites is 1. The molecule has 4 aliphatic rings. The van der Waals surface area contributed by atoms with Gasteiger partial charge in [-0.15, -0.1) is 0 Å². The van der Waals surface area contributed by atoms with Crippen LogP contribution in [0.25, 0.3) is 17.0 Å². The lowest BCUT2D eigenvalue weighted by molar-refractivity contribution is -0.366. The van der Waals surface area contributed by atoms with Crippen molar-refractivity contribution in [2.45, 2.75) is 50.9 Å². The number of carboxylic acids is 1. The number of fused-ring (bicyclic) bond motifs is 3. The van der Waals surface area contributed by atoms with Gasteiger partial charge in [-0.25, -0.2) is 13.6 Å². The summed E-state index contributed by atoms with van der Waals surface area (Å²) in [7, 11) is 0. The molecule has 1 aromatic heterocycles. The van der Waals surface area contributed by atoms with E-state index in [-0.39, 0.29) is 36.4 Å². The van der Waals surface area contributed by atoms with Crippen molar-refractivity contribution in [2.75, 3.05) is 6.54 Å². The highest BCUT2D eigenvalue weighted by molar-refractivity contribution is 5.86. The van der Waals surface area contributed by atoms with Crippen molar-refractivity contribution in [1.29, 1.82) is 0 Å². The Labute approximate surface area is 209 Å². The number of hydrogen-bond donors (Lipinski definition) is 2. The van der Waals surface area contributed by atoms with E-state index in [1.807, 2.05) is 36.1 Å². The van der Waals surface area contributed by atoms with Gasteiger partial charge in [0.25, 0.3) is 0 Å². The fraction of sp³-hybridized carbons (Fsp3) is 0.393. The molecule has 9 heteroatoms. The van der Waals surface area contributed by atoms with E-state index in [1.165, 1.54) is 0 Å². The molecule has 0 amide bonds. The van der Waals surface area contributed by atoms with E-state index in [1.54, 1.807) is 0 Å².